The van der Waals surface area contributed by atoms with Gasteiger partial charge in [0.25, 0.3) is 0 Å². The molecule has 1 N–H and O–H groups in total. The van der Waals surface area contributed by atoms with Gasteiger partial charge in [-0.25, -0.2) is 9.37 Å². The molecule has 2 aromatic rings. The van der Waals surface area contributed by atoms with E-state index in [0.29, 0.717) is 22.6 Å². The van der Waals surface area contributed by atoms with Crippen LogP contribution in [0.3, 0.4) is 0 Å². The summed E-state index contributed by atoms with van der Waals surface area (Å²) >= 11 is 11.0. The summed E-state index contributed by atoms with van der Waals surface area (Å²) in [5.74, 6) is 0.106. The van der Waals surface area contributed by atoms with Gasteiger partial charge < -0.3 is 9.72 Å². The highest BCUT2D eigenvalue weighted by molar-refractivity contribution is 7.71. The number of benzene rings is 1. The molecule has 0 aliphatic rings. The lowest BCUT2D eigenvalue weighted by Crippen LogP contribution is -1.98. The summed E-state index contributed by atoms with van der Waals surface area (Å²) in [5, 5.41) is 0.280. The molecule has 1 aromatic heterocycles. The number of nitrogens with one attached hydrogen (secondary N) is 1. The first-order valence-electron chi connectivity index (χ1n) is 5.15. The Kier molecular flexibility index (Phi) is 4.06. The second kappa shape index (κ2) is 5.56. The zero-order valence-corrected chi connectivity index (χ0v) is 11.1. The predicted octanol–water partition coefficient (Wildman–Crippen LogP) is 3.75. The lowest BCUT2D eigenvalue weighted by molar-refractivity contribution is 0.181. The SMILES string of the molecule is COCc1cc(=S)nc(-c2ccc(F)cc2Cl)[nH]1. The minimum absolute atomic E-state index is 0.280. The molecule has 0 unspecified atom stereocenters. The first kappa shape index (κ1) is 13.1. The normalized spacial score (nSPS) is 10.6. The maximum Gasteiger partial charge on any atom is 0.140 e. The van der Waals surface area contributed by atoms with Crippen LogP contribution in [0.15, 0.2) is 24.3 Å². The number of methoxy groups -OCH3 is 1. The lowest BCUT2D eigenvalue weighted by Gasteiger charge is -2.07. The lowest BCUT2D eigenvalue weighted by atomic mass is 10.2. The molecule has 0 bridgehead atoms. The largest absolute Gasteiger partial charge is 0.378 e. The van der Waals surface area contributed by atoms with Crippen molar-refractivity contribution in [1.29, 1.82) is 0 Å². The highest BCUT2D eigenvalue weighted by Gasteiger charge is 2.08. The molecule has 2 rings (SSSR count). The topological polar surface area (TPSA) is 37.9 Å². The van der Waals surface area contributed by atoms with E-state index >= 15 is 0 Å². The van der Waals surface area contributed by atoms with Gasteiger partial charge in [0.2, 0.25) is 0 Å². The van der Waals surface area contributed by atoms with E-state index < -0.39 is 5.82 Å². The molecule has 6 heteroatoms. The number of halogens is 2. The molecule has 0 aliphatic heterocycles. The van der Waals surface area contributed by atoms with E-state index in [2.05, 4.69) is 9.97 Å². The summed E-state index contributed by atoms with van der Waals surface area (Å²) in [6.45, 7) is 0.387. The fraction of sp³-hybridized carbons (Fsp3) is 0.167. The Morgan fingerprint density at radius 1 is 1.44 bits per heavy atom. The molecule has 18 heavy (non-hydrogen) atoms. The summed E-state index contributed by atoms with van der Waals surface area (Å²) in [6.07, 6.45) is 0. The maximum absolute atomic E-state index is 13.0. The van der Waals surface area contributed by atoms with Gasteiger partial charge in [-0.3, -0.25) is 0 Å². The molecule has 0 atom stereocenters. The van der Waals surface area contributed by atoms with Crippen LogP contribution in [-0.4, -0.2) is 17.1 Å². The number of rotatable bonds is 3. The van der Waals surface area contributed by atoms with Gasteiger partial charge in [-0.1, -0.05) is 23.8 Å². The van der Waals surface area contributed by atoms with Gasteiger partial charge in [0, 0.05) is 18.4 Å². The molecule has 1 aromatic carbocycles. The Morgan fingerprint density at radius 3 is 2.89 bits per heavy atom. The molecular formula is C12H10ClFN2OS. The van der Waals surface area contributed by atoms with Crippen LogP contribution in [0, 0.1) is 10.5 Å². The average Bonchev–Trinajstić information content (AvgIpc) is 2.28. The van der Waals surface area contributed by atoms with Crippen LogP contribution in [0.2, 0.25) is 5.02 Å². The van der Waals surface area contributed by atoms with Crippen molar-refractivity contribution in [2.75, 3.05) is 7.11 Å². The molecule has 0 spiro atoms. The first-order valence-corrected chi connectivity index (χ1v) is 5.93. The Morgan fingerprint density at radius 2 is 2.22 bits per heavy atom. The summed E-state index contributed by atoms with van der Waals surface area (Å²) in [7, 11) is 1.59. The number of aromatic amines is 1. The zero-order valence-electron chi connectivity index (χ0n) is 9.54. The molecule has 0 saturated heterocycles. The minimum Gasteiger partial charge on any atom is -0.378 e. The molecule has 1 heterocycles. The second-order valence-electron chi connectivity index (χ2n) is 3.65. The average molecular weight is 285 g/mol. The summed E-state index contributed by atoms with van der Waals surface area (Å²) in [4.78, 5) is 7.23. The van der Waals surface area contributed by atoms with Crippen molar-refractivity contribution in [3.63, 3.8) is 0 Å². The number of nitrogens with zero attached hydrogens (tertiary/aromatic N) is 1. The highest BCUT2D eigenvalue weighted by Crippen LogP contribution is 2.25. The third-order valence-corrected chi connectivity index (χ3v) is 2.81. The number of aromatic nitrogens is 2. The van der Waals surface area contributed by atoms with Crippen molar-refractivity contribution >= 4 is 23.8 Å². The number of hydrogen-bond acceptors (Lipinski definition) is 3. The van der Waals surface area contributed by atoms with E-state index in [9.17, 15) is 4.39 Å². The molecule has 0 fully saturated rings. The van der Waals surface area contributed by atoms with E-state index in [0.717, 1.165) is 5.69 Å². The van der Waals surface area contributed by atoms with Gasteiger partial charge in [-0.2, -0.15) is 0 Å². The van der Waals surface area contributed by atoms with Crippen LogP contribution in [0.5, 0.6) is 0 Å². The molecule has 0 saturated carbocycles. The predicted molar refractivity (Wildman–Crippen MR) is 70.5 cm³/mol. The van der Waals surface area contributed by atoms with Gasteiger partial charge >= 0.3 is 0 Å². The number of H-pyrrole nitrogens is 1. The molecule has 0 aliphatic carbocycles. The summed E-state index contributed by atoms with van der Waals surface area (Å²) in [5.41, 5.74) is 1.38. The maximum atomic E-state index is 13.0. The van der Waals surface area contributed by atoms with Crippen LogP contribution in [0.25, 0.3) is 11.4 Å². The van der Waals surface area contributed by atoms with Crippen LogP contribution in [0.4, 0.5) is 4.39 Å². The molecule has 0 radical (unpaired) electrons. The Bertz CT molecular complexity index is 630. The van der Waals surface area contributed by atoms with Crippen molar-refractivity contribution in [2.24, 2.45) is 0 Å². The van der Waals surface area contributed by atoms with Crippen molar-refractivity contribution < 1.29 is 9.13 Å². The first-order chi connectivity index (χ1) is 8.60. The van der Waals surface area contributed by atoms with Crippen LogP contribution in [0.1, 0.15) is 5.69 Å². The number of ether oxygens (including phenoxy) is 1. The van der Waals surface area contributed by atoms with Crippen LogP contribution < -0.4 is 0 Å². The van der Waals surface area contributed by atoms with Crippen LogP contribution >= 0.6 is 23.8 Å². The van der Waals surface area contributed by atoms with E-state index in [4.69, 9.17) is 28.6 Å². The quantitative estimate of drug-likeness (QED) is 0.873. The Hall–Kier alpha value is -1.30. The molecule has 0 amide bonds. The van der Waals surface area contributed by atoms with Crippen molar-refractivity contribution in [3.8, 4) is 11.4 Å². The van der Waals surface area contributed by atoms with Crippen molar-refractivity contribution in [1.82, 2.24) is 9.97 Å². The molecular weight excluding hydrogens is 275 g/mol. The van der Waals surface area contributed by atoms with Gasteiger partial charge in [0.1, 0.15) is 16.3 Å². The molecule has 3 nitrogen and oxygen atoms in total. The fourth-order valence-corrected chi connectivity index (χ4v) is 2.04. The second-order valence-corrected chi connectivity index (χ2v) is 4.48. The van der Waals surface area contributed by atoms with Crippen molar-refractivity contribution in [3.05, 3.63) is 45.4 Å². The van der Waals surface area contributed by atoms with E-state index in [1.54, 1.807) is 19.2 Å². The van der Waals surface area contributed by atoms with E-state index in [-0.39, 0.29) is 5.02 Å². The third-order valence-electron chi connectivity index (χ3n) is 2.28. The minimum atomic E-state index is -0.393. The Balaban J connectivity index is 2.53. The Labute approximate surface area is 114 Å². The smallest absolute Gasteiger partial charge is 0.140 e. The van der Waals surface area contributed by atoms with Gasteiger partial charge in [0.05, 0.1) is 11.6 Å². The van der Waals surface area contributed by atoms with E-state index in [1.165, 1.54) is 12.1 Å². The number of hydrogen-bond donors (Lipinski definition) is 1. The third kappa shape index (κ3) is 2.93. The van der Waals surface area contributed by atoms with Crippen LogP contribution in [-0.2, 0) is 11.3 Å². The summed E-state index contributed by atoms with van der Waals surface area (Å²) < 4.78 is 18.4. The standard InChI is InChI=1S/C12H10ClFN2OS/c1-17-6-8-5-11(18)16-12(15-8)9-3-2-7(14)4-10(9)13/h2-5H,6H2,1H3,(H,15,16,18). The zero-order chi connectivity index (χ0) is 13.1. The van der Waals surface area contributed by atoms with Gasteiger partial charge in [-0.15, -0.1) is 0 Å². The monoisotopic (exact) mass is 284 g/mol. The van der Waals surface area contributed by atoms with Gasteiger partial charge in [0.15, 0.2) is 0 Å². The van der Waals surface area contributed by atoms with Gasteiger partial charge in [-0.05, 0) is 24.3 Å². The highest BCUT2D eigenvalue weighted by atomic mass is 35.5. The summed E-state index contributed by atoms with van der Waals surface area (Å²) in [6, 6.07) is 5.82. The van der Waals surface area contributed by atoms with Crippen molar-refractivity contribution in [2.45, 2.75) is 6.61 Å². The molecule has 94 valence electrons. The van der Waals surface area contributed by atoms with E-state index in [1.807, 2.05) is 0 Å². The fourth-order valence-electron chi connectivity index (χ4n) is 1.55.